The van der Waals surface area contributed by atoms with Crippen molar-refractivity contribution in [1.82, 2.24) is 20.5 Å². The smallest absolute Gasteiger partial charge is 0.290 e. The molecule has 0 aromatic carbocycles. The van der Waals surface area contributed by atoms with Crippen LogP contribution in [0.2, 0.25) is 0 Å². The summed E-state index contributed by atoms with van der Waals surface area (Å²) in [5.74, 6) is 0.559. The third-order valence-corrected chi connectivity index (χ3v) is 3.26. The zero-order valence-electron chi connectivity index (χ0n) is 10.7. The van der Waals surface area contributed by atoms with Crippen molar-refractivity contribution in [2.75, 3.05) is 18.6 Å². The van der Waals surface area contributed by atoms with Gasteiger partial charge in [0.15, 0.2) is 0 Å². The molecule has 0 aliphatic heterocycles. The summed E-state index contributed by atoms with van der Waals surface area (Å²) in [7, 11) is -2.98. The maximum absolute atomic E-state index is 11.6. The lowest BCUT2D eigenvalue weighted by Crippen LogP contribution is -2.26. The fourth-order valence-corrected chi connectivity index (χ4v) is 1.92. The van der Waals surface area contributed by atoms with Gasteiger partial charge in [0.25, 0.3) is 5.91 Å². The van der Waals surface area contributed by atoms with Gasteiger partial charge in [-0.15, -0.1) is 5.10 Å². The highest BCUT2D eigenvalue weighted by molar-refractivity contribution is 7.90. The molecule has 1 aromatic heterocycles. The number of carbonyl (C=O) groups excluding carboxylic acids is 1. The second-order valence-electron chi connectivity index (χ2n) is 4.44. The average Bonchev–Trinajstić information content (AvgIpc) is 2.72. The van der Waals surface area contributed by atoms with Crippen LogP contribution in [0, 0.1) is 0 Å². The van der Waals surface area contributed by atoms with Gasteiger partial charge < -0.3 is 5.32 Å². The Bertz CT molecular complexity index is 507. The summed E-state index contributed by atoms with van der Waals surface area (Å²) < 4.78 is 21.8. The van der Waals surface area contributed by atoms with Gasteiger partial charge in [-0.05, 0) is 6.42 Å². The molecule has 0 atom stereocenters. The fourth-order valence-electron chi connectivity index (χ4n) is 1.25. The topological polar surface area (TPSA) is 105 Å². The van der Waals surface area contributed by atoms with Crippen molar-refractivity contribution in [3.05, 3.63) is 11.6 Å². The number of H-pyrrole nitrogens is 1. The van der Waals surface area contributed by atoms with Crippen LogP contribution in [-0.4, -0.2) is 48.1 Å². The van der Waals surface area contributed by atoms with Crippen molar-refractivity contribution < 1.29 is 13.2 Å². The molecular formula is C10H18N4O3S. The molecule has 0 radical (unpaired) electrons. The van der Waals surface area contributed by atoms with Gasteiger partial charge in [0.05, 0.1) is 5.75 Å². The molecule has 2 N–H and O–H groups in total. The minimum atomic E-state index is -2.98. The van der Waals surface area contributed by atoms with Gasteiger partial charge in [0.2, 0.25) is 5.82 Å². The lowest BCUT2D eigenvalue weighted by Gasteiger charge is -2.01. The fraction of sp³-hybridized carbons (Fsp3) is 0.700. The number of hydrogen-bond acceptors (Lipinski definition) is 5. The van der Waals surface area contributed by atoms with Gasteiger partial charge >= 0.3 is 0 Å². The number of hydrogen-bond donors (Lipinski definition) is 2. The first-order chi connectivity index (χ1) is 8.29. The number of nitrogens with zero attached hydrogens (tertiary/aromatic N) is 2. The summed E-state index contributed by atoms with van der Waals surface area (Å²) >= 11 is 0. The molecule has 1 amide bonds. The maximum Gasteiger partial charge on any atom is 0.290 e. The van der Waals surface area contributed by atoms with E-state index in [1.807, 2.05) is 13.8 Å². The number of aromatic nitrogens is 3. The van der Waals surface area contributed by atoms with E-state index in [0.717, 1.165) is 0 Å². The summed E-state index contributed by atoms with van der Waals surface area (Å²) in [6.45, 7) is 4.17. The Kier molecular flexibility index (Phi) is 4.83. The predicted octanol–water partition coefficient (Wildman–Crippen LogP) is 0.0926. The molecule has 0 spiro atoms. The summed E-state index contributed by atoms with van der Waals surface area (Å²) in [4.78, 5) is 15.6. The number of sulfone groups is 1. The van der Waals surface area contributed by atoms with Crippen molar-refractivity contribution in [2.24, 2.45) is 0 Å². The van der Waals surface area contributed by atoms with E-state index in [9.17, 15) is 13.2 Å². The SMILES string of the molecule is CC(C)c1nc(C(=O)NCCCS(C)(=O)=O)n[nH]1. The van der Waals surface area contributed by atoms with Gasteiger partial charge in [-0.2, -0.15) is 0 Å². The van der Waals surface area contributed by atoms with Crippen molar-refractivity contribution in [3.8, 4) is 0 Å². The zero-order chi connectivity index (χ0) is 13.8. The maximum atomic E-state index is 11.6. The van der Waals surface area contributed by atoms with Gasteiger partial charge in [-0.25, -0.2) is 13.4 Å². The Morgan fingerprint density at radius 3 is 2.61 bits per heavy atom. The number of carbonyl (C=O) groups is 1. The van der Waals surface area contributed by atoms with Crippen LogP contribution in [0.5, 0.6) is 0 Å². The second-order valence-corrected chi connectivity index (χ2v) is 6.70. The number of rotatable bonds is 6. The highest BCUT2D eigenvalue weighted by Gasteiger charge is 2.13. The van der Waals surface area contributed by atoms with Crippen molar-refractivity contribution in [3.63, 3.8) is 0 Å². The minimum Gasteiger partial charge on any atom is -0.349 e. The van der Waals surface area contributed by atoms with Crippen molar-refractivity contribution >= 4 is 15.7 Å². The summed E-state index contributed by atoms with van der Waals surface area (Å²) in [5, 5.41) is 9.06. The van der Waals surface area contributed by atoms with Gasteiger partial charge in [-0.3, -0.25) is 9.89 Å². The summed E-state index contributed by atoms with van der Waals surface area (Å²) in [5.41, 5.74) is 0. The molecule has 7 nitrogen and oxygen atoms in total. The first-order valence-corrected chi connectivity index (χ1v) is 7.74. The monoisotopic (exact) mass is 274 g/mol. The van der Waals surface area contributed by atoms with Crippen LogP contribution < -0.4 is 5.32 Å². The number of amides is 1. The lowest BCUT2D eigenvalue weighted by molar-refractivity contribution is 0.0943. The van der Waals surface area contributed by atoms with Gasteiger partial charge in [0.1, 0.15) is 15.7 Å². The highest BCUT2D eigenvalue weighted by atomic mass is 32.2. The first-order valence-electron chi connectivity index (χ1n) is 5.68. The molecule has 0 saturated heterocycles. The third-order valence-electron chi connectivity index (χ3n) is 2.23. The van der Waals surface area contributed by atoms with E-state index in [1.165, 1.54) is 6.26 Å². The molecule has 1 heterocycles. The molecule has 18 heavy (non-hydrogen) atoms. The molecule has 1 rings (SSSR count). The quantitative estimate of drug-likeness (QED) is 0.715. The first kappa shape index (κ1) is 14.6. The Hall–Kier alpha value is -1.44. The zero-order valence-corrected chi connectivity index (χ0v) is 11.5. The molecule has 0 fully saturated rings. The van der Waals surface area contributed by atoms with Crippen molar-refractivity contribution in [1.29, 1.82) is 0 Å². The Balaban J connectivity index is 2.41. The predicted molar refractivity (Wildman–Crippen MR) is 67.1 cm³/mol. The molecule has 1 aromatic rings. The minimum absolute atomic E-state index is 0.0541. The van der Waals surface area contributed by atoms with Crippen LogP contribution in [0.1, 0.15) is 42.6 Å². The van der Waals surface area contributed by atoms with Crippen LogP contribution in [-0.2, 0) is 9.84 Å². The molecule has 8 heteroatoms. The lowest BCUT2D eigenvalue weighted by atomic mass is 10.2. The molecular weight excluding hydrogens is 256 g/mol. The van der Waals surface area contributed by atoms with E-state index in [4.69, 9.17) is 0 Å². The molecule has 0 saturated carbocycles. The van der Waals surface area contributed by atoms with Gasteiger partial charge in [-0.1, -0.05) is 13.8 Å². The van der Waals surface area contributed by atoms with E-state index in [1.54, 1.807) is 0 Å². The standard InChI is InChI=1S/C10H18N4O3S/c1-7(2)8-12-9(14-13-8)10(15)11-5-4-6-18(3,16)17/h7H,4-6H2,1-3H3,(H,11,15)(H,12,13,14). The highest BCUT2D eigenvalue weighted by Crippen LogP contribution is 2.07. The normalized spacial score (nSPS) is 11.8. The van der Waals surface area contributed by atoms with E-state index in [0.29, 0.717) is 12.2 Å². The van der Waals surface area contributed by atoms with Crippen LogP contribution in [0.4, 0.5) is 0 Å². The average molecular weight is 274 g/mol. The Morgan fingerprint density at radius 1 is 1.44 bits per heavy atom. The molecule has 102 valence electrons. The van der Waals surface area contributed by atoms with E-state index < -0.39 is 15.7 Å². The number of aromatic amines is 1. The summed E-state index contributed by atoms with van der Waals surface area (Å²) in [6.07, 6.45) is 1.55. The van der Waals surface area contributed by atoms with Crippen molar-refractivity contribution in [2.45, 2.75) is 26.2 Å². The van der Waals surface area contributed by atoms with Crippen LogP contribution in [0.15, 0.2) is 0 Å². The van der Waals surface area contributed by atoms with E-state index in [2.05, 4.69) is 20.5 Å². The van der Waals surface area contributed by atoms with Gasteiger partial charge in [0, 0.05) is 18.7 Å². The third kappa shape index (κ3) is 4.82. The van der Waals surface area contributed by atoms with E-state index in [-0.39, 0.29) is 24.0 Å². The molecule has 0 unspecified atom stereocenters. The van der Waals surface area contributed by atoms with E-state index >= 15 is 0 Å². The Labute approximate surface area is 106 Å². The van der Waals surface area contributed by atoms with Crippen LogP contribution in [0.25, 0.3) is 0 Å². The summed E-state index contributed by atoms with van der Waals surface area (Å²) in [6, 6.07) is 0. The molecule has 0 aliphatic rings. The molecule has 0 bridgehead atoms. The Morgan fingerprint density at radius 2 is 2.11 bits per heavy atom. The molecule has 0 aliphatic carbocycles. The van der Waals surface area contributed by atoms with Crippen LogP contribution >= 0.6 is 0 Å². The second kappa shape index (κ2) is 5.94. The largest absolute Gasteiger partial charge is 0.349 e. The number of nitrogens with one attached hydrogen (secondary N) is 2. The van der Waals surface area contributed by atoms with Crippen LogP contribution in [0.3, 0.4) is 0 Å².